The van der Waals surface area contributed by atoms with Gasteiger partial charge in [0.25, 0.3) is 5.91 Å². The monoisotopic (exact) mass is 238 g/mol. The standard InChI is InChI=1S/C11H14N2O4/c1-6(10(14)13-2)17-9-4-3-7(12)5-8(9)11(15)16/h3-6H,12H2,1-2H3,(H,13,14)(H,15,16). The molecular formula is C11H14N2O4. The number of nitrogen functional groups attached to an aromatic ring is 1. The van der Waals surface area contributed by atoms with Crippen molar-refractivity contribution in [2.75, 3.05) is 12.8 Å². The smallest absolute Gasteiger partial charge is 0.339 e. The number of anilines is 1. The molecule has 1 rings (SSSR count). The molecule has 4 N–H and O–H groups in total. The first-order chi connectivity index (χ1) is 7.95. The number of nitrogens with two attached hydrogens (primary N) is 1. The SMILES string of the molecule is CNC(=O)C(C)Oc1ccc(N)cc1C(=O)O. The van der Waals surface area contributed by atoms with Crippen LogP contribution in [0, 0.1) is 0 Å². The van der Waals surface area contributed by atoms with Gasteiger partial charge in [-0.25, -0.2) is 4.79 Å². The molecule has 92 valence electrons. The molecule has 0 saturated carbocycles. The molecule has 0 aromatic heterocycles. The minimum absolute atomic E-state index is 0.0687. The molecule has 1 atom stereocenters. The van der Waals surface area contributed by atoms with Gasteiger partial charge in [0.15, 0.2) is 6.10 Å². The van der Waals surface area contributed by atoms with Crippen molar-refractivity contribution in [2.24, 2.45) is 0 Å². The maximum atomic E-state index is 11.3. The van der Waals surface area contributed by atoms with Crippen molar-refractivity contribution in [2.45, 2.75) is 13.0 Å². The normalized spacial score (nSPS) is 11.6. The van der Waals surface area contributed by atoms with E-state index in [1.165, 1.54) is 32.2 Å². The van der Waals surface area contributed by atoms with E-state index >= 15 is 0 Å². The first-order valence-electron chi connectivity index (χ1n) is 4.96. The van der Waals surface area contributed by atoms with E-state index in [-0.39, 0.29) is 17.2 Å². The second kappa shape index (κ2) is 5.20. The van der Waals surface area contributed by atoms with Crippen molar-refractivity contribution in [3.05, 3.63) is 23.8 Å². The Labute approximate surface area is 98.4 Å². The number of benzene rings is 1. The lowest BCUT2D eigenvalue weighted by Gasteiger charge is -2.15. The molecule has 0 heterocycles. The number of carbonyl (C=O) groups is 2. The lowest BCUT2D eigenvalue weighted by molar-refractivity contribution is -0.126. The molecule has 0 spiro atoms. The third-order valence-electron chi connectivity index (χ3n) is 2.15. The van der Waals surface area contributed by atoms with E-state index in [0.717, 1.165) is 0 Å². The quantitative estimate of drug-likeness (QED) is 0.662. The van der Waals surface area contributed by atoms with Gasteiger partial charge in [0.2, 0.25) is 0 Å². The Kier molecular flexibility index (Phi) is 3.92. The Bertz CT molecular complexity index is 445. The highest BCUT2D eigenvalue weighted by atomic mass is 16.5. The number of amides is 1. The van der Waals surface area contributed by atoms with Gasteiger partial charge in [0.05, 0.1) is 0 Å². The van der Waals surface area contributed by atoms with E-state index < -0.39 is 12.1 Å². The van der Waals surface area contributed by atoms with Gasteiger partial charge in [-0.2, -0.15) is 0 Å². The molecule has 0 aliphatic rings. The average molecular weight is 238 g/mol. The molecule has 0 fully saturated rings. The summed E-state index contributed by atoms with van der Waals surface area (Å²) in [5, 5.41) is 11.4. The zero-order chi connectivity index (χ0) is 13.0. The highest BCUT2D eigenvalue weighted by Gasteiger charge is 2.17. The third-order valence-corrected chi connectivity index (χ3v) is 2.15. The van der Waals surface area contributed by atoms with Gasteiger partial charge in [0.1, 0.15) is 11.3 Å². The molecule has 0 radical (unpaired) electrons. The molecule has 1 amide bonds. The number of ether oxygens (including phenoxy) is 1. The first kappa shape index (κ1) is 12.8. The number of carboxylic acids is 1. The third kappa shape index (κ3) is 3.10. The van der Waals surface area contributed by atoms with E-state index in [2.05, 4.69) is 5.32 Å². The zero-order valence-electron chi connectivity index (χ0n) is 9.56. The number of hydrogen-bond acceptors (Lipinski definition) is 4. The summed E-state index contributed by atoms with van der Waals surface area (Å²) in [6.07, 6.45) is -0.776. The predicted octanol–water partition coefficient (Wildman–Crippen LogP) is 0.480. The zero-order valence-corrected chi connectivity index (χ0v) is 9.56. The summed E-state index contributed by atoms with van der Waals surface area (Å²) < 4.78 is 5.27. The van der Waals surface area contributed by atoms with E-state index in [1.54, 1.807) is 0 Å². The van der Waals surface area contributed by atoms with Crippen LogP contribution in [0.3, 0.4) is 0 Å². The van der Waals surface area contributed by atoms with Crippen LogP contribution in [0.25, 0.3) is 0 Å². The van der Waals surface area contributed by atoms with Crippen LogP contribution in [0.5, 0.6) is 5.75 Å². The topological polar surface area (TPSA) is 102 Å². The molecule has 6 nitrogen and oxygen atoms in total. The number of nitrogens with one attached hydrogen (secondary N) is 1. The van der Waals surface area contributed by atoms with Crippen LogP contribution in [0.2, 0.25) is 0 Å². The fourth-order valence-electron chi connectivity index (χ4n) is 1.26. The largest absolute Gasteiger partial charge is 0.480 e. The number of aromatic carboxylic acids is 1. The minimum atomic E-state index is -1.16. The second-order valence-electron chi connectivity index (χ2n) is 3.44. The van der Waals surface area contributed by atoms with Crippen molar-refractivity contribution in [3.63, 3.8) is 0 Å². The van der Waals surface area contributed by atoms with E-state index in [1.807, 2.05) is 0 Å². The summed E-state index contributed by atoms with van der Waals surface area (Å²) in [7, 11) is 1.48. The Balaban J connectivity index is 2.98. The summed E-state index contributed by atoms with van der Waals surface area (Å²) >= 11 is 0. The molecule has 0 bridgehead atoms. The summed E-state index contributed by atoms with van der Waals surface area (Å²) in [6.45, 7) is 1.53. The number of hydrogen-bond donors (Lipinski definition) is 3. The van der Waals surface area contributed by atoms with Crippen LogP contribution in [-0.2, 0) is 4.79 Å². The first-order valence-corrected chi connectivity index (χ1v) is 4.96. The van der Waals surface area contributed by atoms with Crippen LogP contribution < -0.4 is 15.8 Å². The molecule has 0 aliphatic carbocycles. The van der Waals surface area contributed by atoms with Gasteiger partial charge in [-0.3, -0.25) is 4.79 Å². The molecule has 1 unspecified atom stereocenters. The number of carbonyl (C=O) groups excluding carboxylic acids is 1. The van der Waals surface area contributed by atoms with Crippen molar-refractivity contribution < 1.29 is 19.4 Å². The Morgan fingerprint density at radius 2 is 2.12 bits per heavy atom. The highest BCUT2D eigenvalue weighted by Crippen LogP contribution is 2.22. The van der Waals surface area contributed by atoms with Gasteiger partial charge in [-0.1, -0.05) is 0 Å². The Hall–Kier alpha value is -2.24. The highest BCUT2D eigenvalue weighted by molar-refractivity contribution is 5.92. The van der Waals surface area contributed by atoms with Gasteiger partial charge in [-0.15, -0.1) is 0 Å². The lowest BCUT2D eigenvalue weighted by atomic mass is 10.2. The van der Waals surface area contributed by atoms with Crippen LogP contribution >= 0.6 is 0 Å². The van der Waals surface area contributed by atoms with Gasteiger partial charge in [-0.05, 0) is 25.1 Å². The van der Waals surface area contributed by atoms with Gasteiger partial charge >= 0.3 is 5.97 Å². The minimum Gasteiger partial charge on any atom is -0.480 e. The number of carboxylic acid groups (broad SMARTS) is 1. The van der Waals surface area contributed by atoms with E-state index in [9.17, 15) is 9.59 Å². The molecule has 17 heavy (non-hydrogen) atoms. The maximum absolute atomic E-state index is 11.3. The molecule has 0 aliphatic heterocycles. The van der Waals surface area contributed by atoms with Crippen molar-refractivity contribution >= 4 is 17.6 Å². The van der Waals surface area contributed by atoms with Crippen molar-refractivity contribution in [1.82, 2.24) is 5.32 Å². The summed E-state index contributed by atoms with van der Waals surface area (Å²) in [5.74, 6) is -1.38. The van der Waals surface area contributed by atoms with Crippen LogP contribution in [0.4, 0.5) is 5.69 Å². The fourth-order valence-corrected chi connectivity index (χ4v) is 1.26. The van der Waals surface area contributed by atoms with E-state index in [4.69, 9.17) is 15.6 Å². The van der Waals surface area contributed by atoms with E-state index in [0.29, 0.717) is 5.69 Å². The maximum Gasteiger partial charge on any atom is 0.339 e. The molecule has 6 heteroatoms. The Morgan fingerprint density at radius 3 is 2.65 bits per heavy atom. The number of rotatable bonds is 4. The van der Waals surface area contributed by atoms with Crippen LogP contribution in [0.1, 0.15) is 17.3 Å². The van der Waals surface area contributed by atoms with Gasteiger partial charge < -0.3 is 20.9 Å². The Morgan fingerprint density at radius 1 is 1.47 bits per heavy atom. The van der Waals surface area contributed by atoms with Crippen LogP contribution in [-0.4, -0.2) is 30.1 Å². The second-order valence-corrected chi connectivity index (χ2v) is 3.44. The van der Waals surface area contributed by atoms with Crippen LogP contribution in [0.15, 0.2) is 18.2 Å². The molecular weight excluding hydrogens is 224 g/mol. The summed E-state index contributed by atoms with van der Waals surface area (Å²) in [6, 6.07) is 4.23. The van der Waals surface area contributed by atoms with Crippen molar-refractivity contribution in [3.8, 4) is 5.75 Å². The van der Waals surface area contributed by atoms with Crippen molar-refractivity contribution in [1.29, 1.82) is 0 Å². The summed E-state index contributed by atoms with van der Waals surface area (Å²) in [5.41, 5.74) is 5.74. The fraction of sp³-hybridized carbons (Fsp3) is 0.273. The molecule has 0 saturated heterocycles. The average Bonchev–Trinajstić information content (AvgIpc) is 2.29. The number of likely N-dealkylation sites (N-methyl/N-ethyl adjacent to an activating group) is 1. The molecule has 1 aromatic rings. The summed E-state index contributed by atoms with van der Waals surface area (Å²) in [4.78, 5) is 22.2. The lowest BCUT2D eigenvalue weighted by Crippen LogP contribution is -2.34. The molecule has 1 aromatic carbocycles. The van der Waals surface area contributed by atoms with Gasteiger partial charge in [0, 0.05) is 12.7 Å². The predicted molar refractivity (Wildman–Crippen MR) is 62.0 cm³/mol.